The Morgan fingerprint density at radius 1 is 1.29 bits per heavy atom. The van der Waals surface area contributed by atoms with E-state index in [2.05, 4.69) is 42.7 Å². The molecule has 1 aromatic rings. The largest absolute Gasteiger partial charge is 0.249 e. The zero-order valence-electron chi connectivity index (χ0n) is 9.75. The number of hydrogen-bond donors (Lipinski definition) is 0. The van der Waals surface area contributed by atoms with Crippen LogP contribution in [0.5, 0.6) is 0 Å². The highest BCUT2D eigenvalue weighted by atomic mass is 15.4. The van der Waals surface area contributed by atoms with Gasteiger partial charge in [0.05, 0.1) is 11.4 Å². The summed E-state index contributed by atoms with van der Waals surface area (Å²) in [7, 11) is 0. The maximum atomic E-state index is 4.22. The molecule has 1 aromatic heterocycles. The van der Waals surface area contributed by atoms with E-state index in [4.69, 9.17) is 0 Å². The van der Waals surface area contributed by atoms with Crippen LogP contribution in [0.2, 0.25) is 0 Å². The van der Waals surface area contributed by atoms with Crippen LogP contribution < -0.4 is 0 Å². The van der Waals surface area contributed by atoms with Crippen molar-refractivity contribution in [1.82, 2.24) is 15.0 Å². The van der Waals surface area contributed by atoms with Crippen LogP contribution >= 0.6 is 0 Å². The van der Waals surface area contributed by atoms with E-state index in [1.165, 1.54) is 18.5 Å². The van der Waals surface area contributed by atoms with Gasteiger partial charge in [0.1, 0.15) is 0 Å². The van der Waals surface area contributed by atoms with Gasteiger partial charge in [-0.05, 0) is 18.8 Å². The lowest BCUT2D eigenvalue weighted by molar-refractivity contribution is 0.521. The molecule has 0 aromatic carbocycles. The first-order chi connectivity index (χ1) is 6.70. The molecule has 0 unspecified atom stereocenters. The van der Waals surface area contributed by atoms with Crippen LogP contribution in [0.1, 0.15) is 57.8 Å². The van der Waals surface area contributed by atoms with Gasteiger partial charge in [0.15, 0.2) is 0 Å². The second kappa shape index (κ2) is 5.13. The SMILES string of the molecule is CCCCn1nnc(CC)c1C(C)C. The number of unbranched alkanes of at least 4 members (excludes halogenated alkanes) is 1. The Kier molecular flexibility index (Phi) is 4.11. The molecular formula is C11H21N3. The van der Waals surface area contributed by atoms with Crippen molar-refractivity contribution in [3.8, 4) is 0 Å². The molecule has 0 bridgehead atoms. The van der Waals surface area contributed by atoms with E-state index in [-0.39, 0.29) is 0 Å². The van der Waals surface area contributed by atoms with Gasteiger partial charge >= 0.3 is 0 Å². The van der Waals surface area contributed by atoms with Crippen LogP contribution in [0.25, 0.3) is 0 Å². The number of rotatable bonds is 5. The molecule has 0 N–H and O–H groups in total. The summed E-state index contributed by atoms with van der Waals surface area (Å²) in [6.07, 6.45) is 3.38. The number of aromatic nitrogens is 3. The summed E-state index contributed by atoms with van der Waals surface area (Å²) in [5.74, 6) is 0.525. The lowest BCUT2D eigenvalue weighted by atomic mass is 10.1. The summed E-state index contributed by atoms with van der Waals surface area (Å²) in [6.45, 7) is 9.77. The first-order valence-corrected chi connectivity index (χ1v) is 5.62. The van der Waals surface area contributed by atoms with Crippen LogP contribution in [-0.4, -0.2) is 15.0 Å². The topological polar surface area (TPSA) is 30.7 Å². The second-order valence-electron chi connectivity index (χ2n) is 4.01. The molecular weight excluding hydrogens is 174 g/mol. The molecule has 3 heteroatoms. The van der Waals surface area contributed by atoms with Gasteiger partial charge in [-0.15, -0.1) is 5.10 Å². The first kappa shape index (κ1) is 11.2. The Balaban J connectivity index is 2.87. The summed E-state index contributed by atoms with van der Waals surface area (Å²) in [5.41, 5.74) is 2.48. The fourth-order valence-electron chi connectivity index (χ4n) is 1.71. The minimum Gasteiger partial charge on any atom is -0.249 e. The van der Waals surface area contributed by atoms with Crippen molar-refractivity contribution in [2.45, 2.75) is 59.4 Å². The van der Waals surface area contributed by atoms with Crippen LogP contribution in [-0.2, 0) is 13.0 Å². The van der Waals surface area contributed by atoms with Gasteiger partial charge in [-0.1, -0.05) is 39.3 Å². The molecule has 3 nitrogen and oxygen atoms in total. The van der Waals surface area contributed by atoms with Gasteiger partial charge in [0.25, 0.3) is 0 Å². The maximum Gasteiger partial charge on any atom is 0.0859 e. The molecule has 0 amide bonds. The van der Waals surface area contributed by atoms with Crippen molar-refractivity contribution >= 4 is 0 Å². The summed E-state index contributed by atoms with van der Waals surface area (Å²) in [4.78, 5) is 0. The predicted molar refractivity (Wildman–Crippen MR) is 58.4 cm³/mol. The molecule has 0 aliphatic carbocycles. The van der Waals surface area contributed by atoms with E-state index in [1.807, 2.05) is 0 Å². The third-order valence-corrected chi connectivity index (χ3v) is 2.45. The standard InChI is InChI=1S/C11H21N3/c1-5-7-8-14-11(9(3)4)10(6-2)12-13-14/h9H,5-8H2,1-4H3. The molecule has 0 atom stereocenters. The fraction of sp³-hybridized carbons (Fsp3) is 0.818. The zero-order valence-corrected chi connectivity index (χ0v) is 9.75. The third kappa shape index (κ3) is 2.34. The molecule has 0 aliphatic heterocycles. The molecule has 14 heavy (non-hydrogen) atoms. The average molecular weight is 195 g/mol. The van der Waals surface area contributed by atoms with Gasteiger partial charge < -0.3 is 0 Å². The van der Waals surface area contributed by atoms with Crippen LogP contribution in [0, 0.1) is 0 Å². The molecule has 0 radical (unpaired) electrons. The summed E-state index contributed by atoms with van der Waals surface area (Å²) < 4.78 is 2.08. The Hall–Kier alpha value is -0.860. The maximum absolute atomic E-state index is 4.22. The average Bonchev–Trinajstić information content (AvgIpc) is 2.57. The number of aryl methyl sites for hydroxylation is 2. The van der Waals surface area contributed by atoms with Crippen LogP contribution in [0.15, 0.2) is 0 Å². The van der Waals surface area contributed by atoms with E-state index >= 15 is 0 Å². The van der Waals surface area contributed by atoms with Crippen molar-refractivity contribution in [1.29, 1.82) is 0 Å². The molecule has 1 heterocycles. The third-order valence-electron chi connectivity index (χ3n) is 2.45. The highest BCUT2D eigenvalue weighted by Crippen LogP contribution is 2.18. The zero-order chi connectivity index (χ0) is 10.6. The monoisotopic (exact) mass is 195 g/mol. The highest BCUT2D eigenvalue weighted by molar-refractivity contribution is 5.13. The summed E-state index contributed by atoms with van der Waals surface area (Å²) in [6, 6.07) is 0. The molecule has 0 saturated carbocycles. The van der Waals surface area contributed by atoms with Crippen molar-refractivity contribution < 1.29 is 0 Å². The molecule has 0 saturated heterocycles. The molecule has 0 spiro atoms. The normalized spacial score (nSPS) is 11.2. The summed E-state index contributed by atoms with van der Waals surface area (Å²) in [5, 5.41) is 8.43. The molecule has 1 rings (SSSR count). The van der Waals surface area contributed by atoms with E-state index < -0.39 is 0 Å². The van der Waals surface area contributed by atoms with Crippen molar-refractivity contribution in [3.63, 3.8) is 0 Å². The predicted octanol–water partition coefficient (Wildman–Crippen LogP) is 2.76. The van der Waals surface area contributed by atoms with Crippen LogP contribution in [0.4, 0.5) is 0 Å². The Bertz CT molecular complexity index is 276. The number of hydrogen-bond acceptors (Lipinski definition) is 2. The van der Waals surface area contributed by atoms with E-state index in [0.717, 1.165) is 18.7 Å². The lowest BCUT2D eigenvalue weighted by Gasteiger charge is -2.09. The van der Waals surface area contributed by atoms with Gasteiger partial charge in [0.2, 0.25) is 0 Å². The van der Waals surface area contributed by atoms with Crippen molar-refractivity contribution in [3.05, 3.63) is 11.4 Å². The van der Waals surface area contributed by atoms with Crippen LogP contribution in [0.3, 0.4) is 0 Å². The smallest absolute Gasteiger partial charge is 0.0859 e. The van der Waals surface area contributed by atoms with Gasteiger partial charge in [-0.3, -0.25) is 0 Å². The van der Waals surface area contributed by atoms with Crippen molar-refractivity contribution in [2.24, 2.45) is 0 Å². The Morgan fingerprint density at radius 2 is 2.00 bits per heavy atom. The van der Waals surface area contributed by atoms with E-state index in [9.17, 15) is 0 Å². The quantitative estimate of drug-likeness (QED) is 0.723. The number of nitrogens with zero attached hydrogens (tertiary/aromatic N) is 3. The molecule has 80 valence electrons. The highest BCUT2D eigenvalue weighted by Gasteiger charge is 2.13. The first-order valence-electron chi connectivity index (χ1n) is 5.62. The minimum atomic E-state index is 0.525. The fourth-order valence-corrected chi connectivity index (χ4v) is 1.71. The lowest BCUT2D eigenvalue weighted by Crippen LogP contribution is -2.07. The van der Waals surface area contributed by atoms with E-state index in [1.54, 1.807) is 0 Å². The Labute approximate surface area is 86.5 Å². The Morgan fingerprint density at radius 3 is 2.50 bits per heavy atom. The summed E-state index contributed by atoms with van der Waals surface area (Å²) >= 11 is 0. The minimum absolute atomic E-state index is 0.525. The molecule has 0 aliphatic rings. The van der Waals surface area contributed by atoms with E-state index in [0.29, 0.717) is 5.92 Å². The van der Waals surface area contributed by atoms with Gasteiger partial charge in [0, 0.05) is 6.54 Å². The van der Waals surface area contributed by atoms with Crippen molar-refractivity contribution in [2.75, 3.05) is 0 Å². The van der Waals surface area contributed by atoms with Gasteiger partial charge in [-0.2, -0.15) is 0 Å². The molecule has 0 fully saturated rings. The van der Waals surface area contributed by atoms with Gasteiger partial charge in [-0.25, -0.2) is 4.68 Å². The second-order valence-corrected chi connectivity index (χ2v) is 4.01.